The number of hydrogen-bond donors (Lipinski definition) is 1. The fourth-order valence-corrected chi connectivity index (χ4v) is 11.3. The minimum atomic E-state index is -1.14. The SMILES string of the molecule is COC(=O)C(C)C1OC(CC2CC(OC)C(C)C3(O2)OC(C)(C2CCC(C)(C4OC(C5OC(C)(O)C(C)CC5C)CC4C)O2)CC3C)CCC1C. The van der Waals surface area contributed by atoms with E-state index in [-0.39, 0.29) is 84.4 Å². The van der Waals surface area contributed by atoms with Crippen molar-refractivity contribution in [1.82, 2.24) is 0 Å². The maximum Gasteiger partial charge on any atom is 0.311 e. The predicted molar refractivity (Wildman–Crippen MR) is 192 cm³/mol. The first-order valence-electron chi connectivity index (χ1n) is 20.2. The Labute approximate surface area is 307 Å². The summed E-state index contributed by atoms with van der Waals surface area (Å²) in [5, 5.41) is 11.0. The smallest absolute Gasteiger partial charge is 0.311 e. The maximum atomic E-state index is 12.4. The van der Waals surface area contributed by atoms with Crippen LogP contribution in [0.2, 0.25) is 0 Å². The third kappa shape index (κ3) is 7.32. The molecule has 0 bridgehead atoms. The molecule has 6 saturated heterocycles. The van der Waals surface area contributed by atoms with Gasteiger partial charge in [-0.05, 0) is 90.4 Å². The molecule has 51 heavy (non-hydrogen) atoms. The van der Waals surface area contributed by atoms with Gasteiger partial charge < -0.3 is 43.0 Å². The number of methoxy groups -OCH3 is 2. The topological polar surface area (TPSA) is 111 Å². The standard InChI is InChI=1S/C41H70O10/c1-22-13-14-29(46-34(22)27(6)37(42)45-12)19-30-20-31(44-11)28(7)41(48-30)26(5)21-39(9,51-41)33-15-16-38(8,49-33)36-24(3)18-32(47-36)35-23(2)17-25(4)40(10,43)50-35/h22-36,43H,13-21H2,1-12H3. The average molecular weight is 723 g/mol. The van der Waals surface area contributed by atoms with Crippen molar-refractivity contribution in [3.8, 4) is 0 Å². The van der Waals surface area contributed by atoms with Gasteiger partial charge in [0.2, 0.25) is 0 Å². The van der Waals surface area contributed by atoms with Crippen molar-refractivity contribution in [2.45, 2.75) is 199 Å². The zero-order valence-electron chi connectivity index (χ0n) is 33.6. The Morgan fingerprint density at radius 2 is 1.55 bits per heavy atom. The van der Waals surface area contributed by atoms with Gasteiger partial charge in [-0.15, -0.1) is 0 Å². The molecule has 6 heterocycles. The van der Waals surface area contributed by atoms with Crippen molar-refractivity contribution in [2.75, 3.05) is 14.2 Å². The Morgan fingerprint density at radius 3 is 2.24 bits per heavy atom. The van der Waals surface area contributed by atoms with Crippen LogP contribution in [0.1, 0.15) is 127 Å². The summed E-state index contributed by atoms with van der Waals surface area (Å²) in [7, 11) is 3.24. The molecule has 0 radical (unpaired) electrons. The van der Waals surface area contributed by atoms with Crippen LogP contribution in [0.4, 0.5) is 0 Å². The number of carbonyl (C=O) groups excluding carboxylic acids is 1. The molecule has 6 fully saturated rings. The van der Waals surface area contributed by atoms with E-state index in [1.807, 2.05) is 6.92 Å². The summed E-state index contributed by atoms with van der Waals surface area (Å²) in [5.41, 5.74) is -0.998. The van der Waals surface area contributed by atoms with Gasteiger partial charge in [-0.2, -0.15) is 0 Å². The van der Waals surface area contributed by atoms with E-state index in [9.17, 15) is 9.90 Å². The molecule has 19 unspecified atom stereocenters. The van der Waals surface area contributed by atoms with E-state index in [2.05, 4.69) is 55.4 Å². The number of carbonyl (C=O) groups is 1. The van der Waals surface area contributed by atoms with Gasteiger partial charge >= 0.3 is 5.97 Å². The maximum absolute atomic E-state index is 12.4. The Bertz CT molecular complexity index is 1230. The Morgan fingerprint density at radius 1 is 0.824 bits per heavy atom. The molecule has 0 aromatic heterocycles. The van der Waals surface area contributed by atoms with Gasteiger partial charge in [0.1, 0.15) is 0 Å². The van der Waals surface area contributed by atoms with Gasteiger partial charge in [-0.25, -0.2) is 0 Å². The second kappa shape index (κ2) is 14.7. The van der Waals surface area contributed by atoms with Crippen molar-refractivity contribution in [2.24, 2.45) is 41.4 Å². The predicted octanol–water partition coefficient (Wildman–Crippen LogP) is 6.82. The van der Waals surface area contributed by atoms with Crippen LogP contribution < -0.4 is 0 Å². The van der Waals surface area contributed by atoms with E-state index in [0.29, 0.717) is 11.8 Å². The van der Waals surface area contributed by atoms with Crippen LogP contribution in [0.15, 0.2) is 0 Å². The zero-order valence-corrected chi connectivity index (χ0v) is 33.6. The van der Waals surface area contributed by atoms with E-state index in [1.54, 1.807) is 14.0 Å². The van der Waals surface area contributed by atoms with Crippen LogP contribution in [0, 0.1) is 41.4 Å². The van der Waals surface area contributed by atoms with Gasteiger partial charge in [0.15, 0.2) is 11.6 Å². The molecule has 6 aliphatic heterocycles. The first-order chi connectivity index (χ1) is 23.9. The number of hydrogen-bond acceptors (Lipinski definition) is 10. The Kier molecular flexibility index (Phi) is 11.5. The summed E-state index contributed by atoms with van der Waals surface area (Å²) >= 11 is 0. The van der Waals surface area contributed by atoms with Gasteiger partial charge in [0, 0.05) is 37.7 Å². The van der Waals surface area contributed by atoms with Gasteiger partial charge in [0.05, 0.1) is 73.1 Å². The summed E-state index contributed by atoms with van der Waals surface area (Å²) in [4.78, 5) is 12.4. The molecule has 294 valence electrons. The second-order valence-corrected chi connectivity index (χ2v) is 18.6. The number of ether oxygens (including phenoxy) is 8. The molecule has 0 amide bonds. The fourth-order valence-electron chi connectivity index (χ4n) is 11.3. The van der Waals surface area contributed by atoms with Crippen molar-refractivity contribution >= 4 is 5.97 Å². The van der Waals surface area contributed by atoms with Crippen molar-refractivity contribution in [3.63, 3.8) is 0 Å². The molecule has 0 saturated carbocycles. The first-order valence-corrected chi connectivity index (χ1v) is 20.2. The highest BCUT2D eigenvalue weighted by atomic mass is 16.7. The molecule has 19 atom stereocenters. The average Bonchev–Trinajstić information content (AvgIpc) is 3.75. The largest absolute Gasteiger partial charge is 0.469 e. The van der Waals surface area contributed by atoms with E-state index < -0.39 is 22.8 Å². The molecule has 6 rings (SSSR count). The van der Waals surface area contributed by atoms with Gasteiger partial charge in [-0.1, -0.05) is 41.5 Å². The quantitative estimate of drug-likeness (QED) is 0.268. The third-order valence-electron chi connectivity index (χ3n) is 14.6. The highest BCUT2D eigenvalue weighted by Gasteiger charge is 2.65. The lowest BCUT2D eigenvalue weighted by molar-refractivity contribution is -0.352. The zero-order chi connectivity index (χ0) is 37.3. The Balaban J connectivity index is 1.13. The fraction of sp³-hybridized carbons (Fsp3) is 0.976. The minimum Gasteiger partial charge on any atom is -0.469 e. The van der Waals surface area contributed by atoms with Crippen LogP contribution in [0.3, 0.4) is 0 Å². The summed E-state index contributed by atoms with van der Waals surface area (Å²) in [6.45, 7) is 21.3. The summed E-state index contributed by atoms with van der Waals surface area (Å²) in [6, 6.07) is 0. The van der Waals surface area contributed by atoms with Crippen molar-refractivity contribution in [3.05, 3.63) is 0 Å². The van der Waals surface area contributed by atoms with Crippen LogP contribution in [0.25, 0.3) is 0 Å². The molecular weight excluding hydrogens is 652 g/mol. The Hall–Kier alpha value is -0.850. The van der Waals surface area contributed by atoms with Crippen molar-refractivity contribution < 1.29 is 47.8 Å². The molecule has 0 aliphatic carbocycles. The highest BCUT2D eigenvalue weighted by Crippen LogP contribution is 2.57. The van der Waals surface area contributed by atoms with E-state index in [4.69, 9.17) is 37.9 Å². The molecule has 10 heteroatoms. The van der Waals surface area contributed by atoms with Gasteiger partial charge in [-0.3, -0.25) is 4.79 Å². The third-order valence-corrected chi connectivity index (χ3v) is 14.6. The second-order valence-electron chi connectivity index (χ2n) is 18.6. The van der Waals surface area contributed by atoms with E-state index in [1.165, 1.54) is 7.11 Å². The van der Waals surface area contributed by atoms with E-state index in [0.717, 1.165) is 57.8 Å². The summed E-state index contributed by atoms with van der Waals surface area (Å²) < 4.78 is 52.5. The molecule has 1 spiro atoms. The van der Waals surface area contributed by atoms with Crippen LogP contribution >= 0.6 is 0 Å². The number of esters is 1. The van der Waals surface area contributed by atoms with Gasteiger partial charge in [0.25, 0.3) is 0 Å². The molecule has 0 aromatic rings. The highest BCUT2D eigenvalue weighted by molar-refractivity contribution is 5.72. The minimum absolute atomic E-state index is 0.0121. The number of aliphatic hydroxyl groups is 1. The summed E-state index contributed by atoms with van der Waals surface area (Å²) in [6.07, 6.45) is 7.12. The molecular formula is C41H70O10. The van der Waals surface area contributed by atoms with Crippen molar-refractivity contribution in [1.29, 1.82) is 0 Å². The lowest BCUT2D eigenvalue weighted by Crippen LogP contribution is -2.58. The monoisotopic (exact) mass is 722 g/mol. The molecule has 6 aliphatic rings. The van der Waals surface area contributed by atoms with Crippen LogP contribution in [-0.4, -0.2) is 96.9 Å². The normalized spacial score (nSPS) is 54.1. The lowest BCUT2D eigenvalue weighted by Gasteiger charge is -2.50. The van der Waals surface area contributed by atoms with E-state index >= 15 is 0 Å². The van der Waals surface area contributed by atoms with Crippen LogP contribution in [0.5, 0.6) is 0 Å². The molecule has 0 aromatic carbocycles. The first kappa shape index (κ1) is 39.8. The molecule has 10 nitrogen and oxygen atoms in total. The number of rotatable bonds is 8. The summed E-state index contributed by atoms with van der Waals surface area (Å²) in [5.74, 6) is -1.38. The van der Waals surface area contributed by atoms with Crippen LogP contribution in [-0.2, 0) is 42.7 Å². The lowest BCUT2D eigenvalue weighted by atomic mass is 9.78. The molecule has 1 N–H and O–H groups in total.